The summed E-state index contributed by atoms with van der Waals surface area (Å²) in [5, 5.41) is 0.626. The number of nitrogen functional groups attached to an aromatic ring is 1. The zero-order valence-corrected chi connectivity index (χ0v) is 11.4. The van der Waals surface area contributed by atoms with E-state index in [2.05, 4.69) is 16.3 Å². The fourth-order valence-corrected chi connectivity index (χ4v) is 2.94. The van der Waals surface area contributed by atoms with Crippen molar-refractivity contribution in [1.82, 2.24) is 9.71 Å². The summed E-state index contributed by atoms with van der Waals surface area (Å²) in [5.74, 6) is 0. The molecule has 1 aromatic heterocycles. The van der Waals surface area contributed by atoms with Crippen LogP contribution in [-0.4, -0.2) is 19.9 Å². The van der Waals surface area contributed by atoms with E-state index in [4.69, 9.17) is 5.73 Å². The number of pyridine rings is 1. The van der Waals surface area contributed by atoms with Gasteiger partial charge >= 0.3 is 0 Å². The number of hydrogen-bond donors (Lipinski definition) is 2. The van der Waals surface area contributed by atoms with Crippen molar-refractivity contribution in [3.05, 3.63) is 42.6 Å². The molecule has 3 N–H and O–H groups in total. The highest BCUT2D eigenvalue weighted by Crippen LogP contribution is 2.25. The third kappa shape index (κ3) is 2.74. The molecule has 1 aromatic carbocycles. The van der Waals surface area contributed by atoms with Crippen LogP contribution in [0.2, 0.25) is 0 Å². The lowest BCUT2D eigenvalue weighted by Crippen LogP contribution is -2.25. The number of aromatic nitrogens is 1. The van der Waals surface area contributed by atoms with E-state index in [0.29, 0.717) is 16.6 Å². The van der Waals surface area contributed by atoms with E-state index in [-0.39, 0.29) is 11.4 Å². The molecule has 0 bridgehead atoms. The molecule has 0 fully saturated rings. The van der Waals surface area contributed by atoms with Crippen LogP contribution >= 0.6 is 0 Å². The predicted octanol–water partition coefficient (Wildman–Crippen LogP) is 1.67. The van der Waals surface area contributed by atoms with Crippen molar-refractivity contribution in [2.24, 2.45) is 0 Å². The maximum atomic E-state index is 12.2. The topological polar surface area (TPSA) is 85.1 Å². The maximum Gasteiger partial charge on any atom is 0.243 e. The molecule has 0 saturated heterocycles. The molecular formula is C13H15N3O2S. The summed E-state index contributed by atoms with van der Waals surface area (Å²) in [5.41, 5.74) is 7.43. The lowest BCUT2D eigenvalue weighted by molar-refractivity contribution is 0.585. The standard InChI is InChI=1S/C13H15N3O2S/c1-9(2)8-16-19(17,18)12-6-5-11(14)10-4-3-7-15-13(10)12/h3-7,16H,1,8,14H2,2H3. The lowest BCUT2D eigenvalue weighted by Gasteiger charge is -2.10. The number of rotatable bonds is 4. The van der Waals surface area contributed by atoms with Crippen molar-refractivity contribution in [2.75, 3.05) is 12.3 Å². The Labute approximate surface area is 112 Å². The van der Waals surface area contributed by atoms with Crippen LogP contribution in [-0.2, 0) is 10.0 Å². The van der Waals surface area contributed by atoms with Gasteiger partial charge in [0.1, 0.15) is 4.90 Å². The minimum absolute atomic E-state index is 0.124. The molecule has 0 amide bonds. The Morgan fingerprint density at radius 2 is 2.16 bits per heavy atom. The highest BCUT2D eigenvalue weighted by Gasteiger charge is 2.18. The Balaban J connectivity index is 2.57. The van der Waals surface area contributed by atoms with Gasteiger partial charge in [-0.3, -0.25) is 4.98 Å². The number of hydrogen-bond acceptors (Lipinski definition) is 4. The van der Waals surface area contributed by atoms with Gasteiger partial charge in [-0.25, -0.2) is 13.1 Å². The van der Waals surface area contributed by atoms with Crippen LogP contribution in [0.5, 0.6) is 0 Å². The van der Waals surface area contributed by atoms with Crippen LogP contribution in [0.4, 0.5) is 5.69 Å². The molecule has 6 heteroatoms. The highest BCUT2D eigenvalue weighted by atomic mass is 32.2. The average Bonchev–Trinajstić information content (AvgIpc) is 2.37. The van der Waals surface area contributed by atoms with Gasteiger partial charge in [0.25, 0.3) is 0 Å². The van der Waals surface area contributed by atoms with Gasteiger partial charge in [0, 0.05) is 23.8 Å². The zero-order valence-electron chi connectivity index (χ0n) is 10.6. The predicted molar refractivity (Wildman–Crippen MR) is 76.2 cm³/mol. The molecule has 2 aromatic rings. The summed E-state index contributed by atoms with van der Waals surface area (Å²) in [7, 11) is -3.63. The van der Waals surface area contributed by atoms with Crippen LogP contribution in [0.1, 0.15) is 6.92 Å². The average molecular weight is 277 g/mol. The van der Waals surface area contributed by atoms with E-state index in [1.165, 1.54) is 6.07 Å². The summed E-state index contributed by atoms with van der Waals surface area (Å²) in [6.45, 7) is 5.61. The fourth-order valence-electron chi connectivity index (χ4n) is 1.68. The summed E-state index contributed by atoms with van der Waals surface area (Å²) < 4.78 is 26.9. The van der Waals surface area contributed by atoms with Crippen molar-refractivity contribution in [3.8, 4) is 0 Å². The smallest absolute Gasteiger partial charge is 0.243 e. The third-order valence-electron chi connectivity index (χ3n) is 2.62. The minimum atomic E-state index is -3.63. The van der Waals surface area contributed by atoms with E-state index in [1.807, 2.05) is 0 Å². The van der Waals surface area contributed by atoms with Crippen LogP contribution in [0.25, 0.3) is 10.9 Å². The molecule has 100 valence electrons. The van der Waals surface area contributed by atoms with E-state index in [1.54, 1.807) is 31.3 Å². The summed E-state index contributed by atoms with van der Waals surface area (Å²) in [6.07, 6.45) is 1.54. The van der Waals surface area contributed by atoms with Gasteiger partial charge in [-0.1, -0.05) is 12.2 Å². The first-order valence-electron chi connectivity index (χ1n) is 5.69. The molecule has 0 aliphatic rings. The number of nitrogens with one attached hydrogen (secondary N) is 1. The Morgan fingerprint density at radius 1 is 1.42 bits per heavy atom. The molecule has 0 aliphatic heterocycles. The summed E-state index contributed by atoms with van der Waals surface area (Å²) >= 11 is 0. The zero-order chi connectivity index (χ0) is 14.0. The number of benzene rings is 1. The number of anilines is 1. The van der Waals surface area contributed by atoms with E-state index >= 15 is 0 Å². The largest absolute Gasteiger partial charge is 0.398 e. The van der Waals surface area contributed by atoms with Crippen molar-refractivity contribution in [1.29, 1.82) is 0 Å². The Kier molecular flexibility index (Phi) is 3.55. The Bertz CT molecular complexity index is 739. The SMILES string of the molecule is C=C(C)CNS(=O)(=O)c1ccc(N)c2cccnc12. The number of fused-ring (bicyclic) bond motifs is 1. The van der Waals surface area contributed by atoms with Gasteiger partial charge in [0.05, 0.1) is 5.52 Å². The number of nitrogens with zero attached hydrogens (tertiary/aromatic N) is 1. The minimum Gasteiger partial charge on any atom is -0.398 e. The van der Waals surface area contributed by atoms with Crippen LogP contribution in [0.3, 0.4) is 0 Å². The quantitative estimate of drug-likeness (QED) is 0.657. The van der Waals surface area contributed by atoms with E-state index in [9.17, 15) is 8.42 Å². The van der Waals surface area contributed by atoms with Gasteiger partial charge in [-0.2, -0.15) is 0 Å². The van der Waals surface area contributed by atoms with Crippen LogP contribution < -0.4 is 10.5 Å². The van der Waals surface area contributed by atoms with Crippen molar-refractivity contribution < 1.29 is 8.42 Å². The maximum absolute atomic E-state index is 12.2. The van der Waals surface area contributed by atoms with Crippen LogP contribution in [0, 0.1) is 0 Å². The van der Waals surface area contributed by atoms with Gasteiger partial charge in [-0.05, 0) is 31.2 Å². The molecule has 2 rings (SSSR count). The summed E-state index contributed by atoms with van der Waals surface area (Å²) in [6, 6.07) is 6.50. The first-order chi connectivity index (χ1) is 8.92. The first-order valence-corrected chi connectivity index (χ1v) is 7.17. The fraction of sp³-hybridized carbons (Fsp3) is 0.154. The lowest BCUT2D eigenvalue weighted by atomic mass is 10.2. The number of nitrogens with two attached hydrogens (primary N) is 1. The van der Waals surface area contributed by atoms with Crippen molar-refractivity contribution in [2.45, 2.75) is 11.8 Å². The van der Waals surface area contributed by atoms with E-state index in [0.717, 1.165) is 5.57 Å². The second-order valence-corrected chi connectivity index (χ2v) is 6.07. The molecule has 0 radical (unpaired) electrons. The van der Waals surface area contributed by atoms with Gasteiger partial charge in [0.15, 0.2) is 0 Å². The molecular weight excluding hydrogens is 262 g/mol. The highest BCUT2D eigenvalue weighted by molar-refractivity contribution is 7.89. The molecule has 0 atom stereocenters. The number of sulfonamides is 1. The normalized spacial score (nSPS) is 11.6. The van der Waals surface area contributed by atoms with E-state index < -0.39 is 10.0 Å². The monoisotopic (exact) mass is 277 g/mol. The van der Waals surface area contributed by atoms with Gasteiger partial charge < -0.3 is 5.73 Å². The molecule has 5 nitrogen and oxygen atoms in total. The molecule has 0 saturated carbocycles. The van der Waals surface area contributed by atoms with Crippen molar-refractivity contribution >= 4 is 26.6 Å². The second kappa shape index (κ2) is 4.99. The third-order valence-corrected chi connectivity index (χ3v) is 4.05. The second-order valence-electron chi connectivity index (χ2n) is 4.33. The molecule has 1 heterocycles. The van der Waals surface area contributed by atoms with Crippen molar-refractivity contribution in [3.63, 3.8) is 0 Å². The molecule has 19 heavy (non-hydrogen) atoms. The molecule has 0 spiro atoms. The molecule has 0 aliphatic carbocycles. The molecule has 0 unspecified atom stereocenters. The first kappa shape index (κ1) is 13.5. The van der Waals surface area contributed by atoms with Gasteiger partial charge in [-0.15, -0.1) is 0 Å². The Hall–Kier alpha value is -1.92. The van der Waals surface area contributed by atoms with Crippen LogP contribution in [0.15, 0.2) is 47.5 Å². The van der Waals surface area contributed by atoms with Gasteiger partial charge in [0.2, 0.25) is 10.0 Å². The Morgan fingerprint density at radius 3 is 2.84 bits per heavy atom. The summed E-state index contributed by atoms with van der Waals surface area (Å²) in [4.78, 5) is 4.24.